The number of nitrogens with one attached hydrogen (secondary N) is 1. The largest absolute Gasteiger partial charge is 0.444 e. The zero-order valence-corrected chi connectivity index (χ0v) is 11.6. The first-order valence-corrected chi connectivity index (χ1v) is 6.60. The van der Waals surface area contributed by atoms with E-state index in [9.17, 15) is 4.79 Å². The predicted molar refractivity (Wildman–Crippen MR) is 69.1 cm³/mol. The summed E-state index contributed by atoms with van der Waals surface area (Å²) in [4.78, 5) is 13.5. The van der Waals surface area contributed by atoms with Crippen LogP contribution in [0.4, 0.5) is 4.79 Å². The molecule has 1 saturated heterocycles. The molecule has 0 spiro atoms. The smallest absolute Gasteiger partial charge is 0.410 e. The number of nitrogens with zero attached hydrogens (tertiary/aromatic N) is 1. The molecule has 0 aromatic carbocycles. The van der Waals surface area contributed by atoms with Gasteiger partial charge in [-0.25, -0.2) is 4.79 Å². The summed E-state index contributed by atoms with van der Waals surface area (Å²) in [5.41, 5.74) is -0.401. The van der Waals surface area contributed by atoms with Gasteiger partial charge >= 0.3 is 6.09 Å². The van der Waals surface area contributed by atoms with E-state index in [1.54, 1.807) is 4.90 Å². The van der Waals surface area contributed by atoms with Crippen LogP contribution in [0.1, 0.15) is 47.0 Å². The lowest BCUT2D eigenvalue weighted by Gasteiger charge is -2.35. The van der Waals surface area contributed by atoms with Gasteiger partial charge in [0.1, 0.15) is 5.60 Å². The minimum atomic E-state index is -0.401. The predicted octanol–water partition coefficient (Wildman–Crippen LogP) is 2.39. The molecular weight excluding hydrogens is 216 g/mol. The standard InChI is InChI=1S/C10H20N2O2.C3H6/c1-8-7-11-5-6-12(8)9(13)14-10(2,3)4;1-2-3-1/h8,11H,5-7H2,1-4H3;1-3H2. The van der Waals surface area contributed by atoms with E-state index in [-0.39, 0.29) is 12.1 Å². The molecule has 0 bridgehead atoms. The maximum atomic E-state index is 11.7. The van der Waals surface area contributed by atoms with Gasteiger partial charge in [0.15, 0.2) is 0 Å². The van der Waals surface area contributed by atoms with Gasteiger partial charge in [-0.1, -0.05) is 19.3 Å². The highest BCUT2D eigenvalue weighted by Crippen LogP contribution is 2.15. The van der Waals surface area contributed by atoms with Crippen molar-refractivity contribution in [3.05, 3.63) is 0 Å². The molecule has 0 radical (unpaired) electrons. The van der Waals surface area contributed by atoms with E-state index in [0.717, 1.165) is 19.6 Å². The molecule has 4 nitrogen and oxygen atoms in total. The van der Waals surface area contributed by atoms with E-state index in [2.05, 4.69) is 5.32 Å². The molecule has 1 saturated carbocycles. The van der Waals surface area contributed by atoms with Crippen LogP contribution in [0.25, 0.3) is 0 Å². The Hall–Kier alpha value is -0.770. The fourth-order valence-electron chi connectivity index (χ4n) is 1.43. The molecule has 1 N–H and O–H groups in total. The molecule has 2 aliphatic rings. The number of carbonyl (C=O) groups is 1. The van der Waals surface area contributed by atoms with Crippen molar-refractivity contribution in [1.29, 1.82) is 0 Å². The Morgan fingerprint density at radius 3 is 2.29 bits per heavy atom. The summed E-state index contributed by atoms with van der Waals surface area (Å²) in [5, 5.41) is 3.23. The van der Waals surface area contributed by atoms with Crippen molar-refractivity contribution in [3.8, 4) is 0 Å². The maximum Gasteiger partial charge on any atom is 0.410 e. The fraction of sp³-hybridized carbons (Fsp3) is 0.923. The Bertz CT molecular complexity index is 244. The number of hydrogen-bond donors (Lipinski definition) is 1. The van der Waals surface area contributed by atoms with Crippen molar-refractivity contribution in [2.75, 3.05) is 19.6 Å². The number of ether oxygens (including phenoxy) is 1. The van der Waals surface area contributed by atoms with Crippen LogP contribution < -0.4 is 5.32 Å². The minimum absolute atomic E-state index is 0.202. The lowest BCUT2D eigenvalue weighted by atomic mass is 10.2. The zero-order chi connectivity index (χ0) is 12.9. The molecule has 1 heterocycles. The van der Waals surface area contributed by atoms with Gasteiger partial charge in [0.25, 0.3) is 0 Å². The number of carbonyl (C=O) groups excluding carboxylic acids is 1. The Morgan fingerprint density at radius 2 is 1.88 bits per heavy atom. The van der Waals surface area contributed by atoms with Crippen LogP contribution in [0.3, 0.4) is 0 Å². The molecule has 2 fully saturated rings. The van der Waals surface area contributed by atoms with Gasteiger partial charge in [-0.15, -0.1) is 0 Å². The molecule has 2 rings (SSSR count). The second-order valence-corrected chi connectivity index (χ2v) is 5.79. The van der Waals surface area contributed by atoms with Crippen molar-refractivity contribution in [1.82, 2.24) is 10.2 Å². The van der Waals surface area contributed by atoms with Crippen molar-refractivity contribution >= 4 is 6.09 Å². The molecule has 1 atom stereocenters. The first-order valence-electron chi connectivity index (χ1n) is 6.60. The van der Waals surface area contributed by atoms with Gasteiger partial charge in [0.05, 0.1) is 0 Å². The van der Waals surface area contributed by atoms with E-state index in [0.29, 0.717) is 0 Å². The molecule has 1 unspecified atom stereocenters. The Balaban J connectivity index is 0.000000415. The zero-order valence-electron chi connectivity index (χ0n) is 11.6. The molecule has 100 valence electrons. The summed E-state index contributed by atoms with van der Waals surface area (Å²) in [7, 11) is 0. The van der Waals surface area contributed by atoms with E-state index < -0.39 is 5.60 Å². The first-order chi connectivity index (χ1) is 7.90. The van der Waals surface area contributed by atoms with E-state index in [1.807, 2.05) is 27.7 Å². The van der Waals surface area contributed by atoms with Gasteiger partial charge in [0.2, 0.25) is 0 Å². The summed E-state index contributed by atoms with van der Waals surface area (Å²) in [6.07, 6.45) is 4.30. The molecule has 4 heteroatoms. The van der Waals surface area contributed by atoms with Crippen molar-refractivity contribution in [2.24, 2.45) is 0 Å². The van der Waals surface area contributed by atoms with Crippen LogP contribution in [0.15, 0.2) is 0 Å². The molecule has 1 aliphatic heterocycles. The number of rotatable bonds is 0. The van der Waals surface area contributed by atoms with E-state index in [4.69, 9.17) is 4.74 Å². The van der Waals surface area contributed by atoms with Crippen molar-refractivity contribution in [3.63, 3.8) is 0 Å². The van der Waals surface area contributed by atoms with Gasteiger partial charge in [-0.3, -0.25) is 0 Å². The second kappa shape index (κ2) is 6.24. The summed E-state index contributed by atoms with van der Waals surface area (Å²) < 4.78 is 5.31. The molecule has 1 amide bonds. The Labute approximate surface area is 105 Å². The molecular formula is C13H26N2O2. The number of piperazine rings is 1. The van der Waals surface area contributed by atoms with Gasteiger partial charge in [-0.05, 0) is 27.7 Å². The van der Waals surface area contributed by atoms with Gasteiger partial charge in [0, 0.05) is 25.7 Å². The Morgan fingerprint density at radius 1 is 1.29 bits per heavy atom. The summed E-state index contributed by atoms with van der Waals surface area (Å²) in [6.45, 7) is 10.1. The normalized spacial score (nSPS) is 23.5. The van der Waals surface area contributed by atoms with Gasteiger partial charge < -0.3 is 15.0 Å². The molecule has 17 heavy (non-hydrogen) atoms. The van der Waals surface area contributed by atoms with Crippen LogP contribution in [0.5, 0.6) is 0 Å². The van der Waals surface area contributed by atoms with E-state index >= 15 is 0 Å². The molecule has 0 aromatic heterocycles. The highest BCUT2D eigenvalue weighted by atomic mass is 16.6. The average molecular weight is 242 g/mol. The molecule has 0 aromatic rings. The number of hydrogen-bond acceptors (Lipinski definition) is 3. The van der Waals surface area contributed by atoms with Crippen LogP contribution in [-0.4, -0.2) is 42.3 Å². The topological polar surface area (TPSA) is 41.6 Å². The average Bonchev–Trinajstić information content (AvgIpc) is 3.01. The fourth-order valence-corrected chi connectivity index (χ4v) is 1.43. The lowest BCUT2D eigenvalue weighted by molar-refractivity contribution is 0.0141. The quantitative estimate of drug-likeness (QED) is 0.709. The third kappa shape index (κ3) is 6.51. The number of amides is 1. The third-order valence-electron chi connectivity index (χ3n) is 2.48. The summed E-state index contributed by atoms with van der Waals surface area (Å²) >= 11 is 0. The van der Waals surface area contributed by atoms with Crippen LogP contribution in [0.2, 0.25) is 0 Å². The first kappa shape index (κ1) is 14.3. The third-order valence-corrected chi connectivity index (χ3v) is 2.48. The minimum Gasteiger partial charge on any atom is -0.444 e. The SMILES string of the molecule is C1CC1.CC1CNCCN1C(=O)OC(C)(C)C. The monoisotopic (exact) mass is 242 g/mol. The van der Waals surface area contributed by atoms with Crippen LogP contribution in [-0.2, 0) is 4.74 Å². The van der Waals surface area contributed by atoms with Crippen molar-refractivity contribution in [2.45, 2.75) is 58.6 Å². The van der Waals surface area contributed by atoms with E-state index in [1.165, 1.54) is 19.3 Å². The van der Waals surface area contributed by atoms with Crippen LogP contribution in [0, 0.1) is 0 Å². The lowest BCUT2D eigenvalue weighted by Crippen LogP contribution is -2.53. The summed E-state index contributed by atoms with van der Waals surface area (Å²) in [5.74, 6) is 0. The highest BCUT2D eigenvalue weighted by molar-refractivity contribution is 5.68. The molecule has 1 aliphatic carbocycles. The van der Waals surface area contributed by atoms with Gasteiger partial charge in [-0.2, -0.15) is 0 Å². The second-order valence-electron chi connectivity index (χ2n) is 5.79. The van der Waals surface area contributed by atoms with Crippen molar-refractivity contribution < 1.29 is 9.53 Å². The van der Waals surface area contributed by atoms with Crippen LogP contribution >= 0.6 is 0 Å². The highest BCUT2D eigenvalue weighted by Gasteiger charge is 2.27. The summed E-state index contributed by atoms with van der Waals surface area (Å²) in [6, 6.07) is 0.221. The Kier molecular flexibility index (Phi) is 5.25. The maximum absolute atomic E-state index is 11.7.